The van der Waals surface area contributed by atoms with Gasteiger partial charge >= 0.3 is 0 Å². The van der Waals surface area contributed by atoms with E-state index in [1.807, 2.05) is 42.7 Å². The highest BCUT2D eigenvalue weighted by atomic mass is 16.1. The number of likely N-dealkylation sites (tertiary alicyclic amines) is 1. The first-order valence-corrected chi connectivity index (χ1v) is 10.6. The summed E-state index contributed by atoms with van der Waals surface area (Å²) in [7, 11) is 0. The number of rotatable bonds is 3. The van der Waals surface area contributed by atoms with Crippen LogP contribution in [-0.4, -0.2) is 39.4 Å². The number of aryl methyl sites for hydroxylation is 2. The summed E-state index contributed by atoms with van der Waals surface area (Å²) in [6.07, 6.45) is 6.77. The molecule has 1 spiro atoms. The molecule has 0 radical (unpaired) electrons. The van der Waals surface area contributed by atoms with Gasteiger partial charge in [0.25, 0.3) is 5.91 Å². The Balaban J connectivity index is 1.27. The molecular weight excluding hydrogens is 372 g/mol. The molecule has 1 atom stereocenters. The molecule has 152 valence electrons. The van der Waals surface area contributed by atoms with E-state index in [4.69, 9.17) is 0 Å². The summed E-state index contributed by atoms with van der Waals surface area (Å²) in [5.74, 6) is 0.833. The molecule has 30 heavy (non-hydrogen) atoms. The van der Waals surface area contributed by atoms with E-state index in [2.05, 4.69) is 45.3 Å². The third-order valence-corrected chi connectivity index (χ3v) is 6.44. The topological polar surface area (TPSA) is 58.1 Å². The molecule has 2 aliphatic heterocycles. The van der Waals surface area contributed by atoms with Crippen LogP contribution in [0.2, 0.25) is 0 Å². The van der Waals surface area contributed by atoms with Gasteiger partial charge in [0.1, 0.15) is 0 Å². The zero-order chi connectivity index (χ0) is 20.6. The van der Waals surface area contributed by atoms with Crippen LogP contribution in [0.5, 0.6) is 0 Å². The van der Waals surface area contributed by atoms with Gasteiger partial charge in [-0.1, -0.05) is 42.5 Å². The van der Waals surface area contributed by atoms with Crippen molar-refractivity contribution in [3.63, 3.8) is 0 Å². The summed E-state index contributed by atoms with van der Waals surface area (Å²) in [6, 6.07) is 16.2. The van der Waals surface area contributed by atoms with Crippen molar-refractivity contribution in [1.29, 1.82) is 0 Å². The Hall–Kier alpha value is -3.05. The minimum Gasteiger partial charge on any atom is -0.345 e. The van der Waals surface area contributed by atoms with Crippen molar-refractivity contribution < 1.29 is 4.79 Å². The summed E-state index contributed by atoms with van der Waals surface area (Å²) >= 11 is 0. The molecule has 0 bridgehead atoms. The van der Waals surface area contributed by atoms with Gasteiger partial charge in [0.2, 0.25) is 0 Å². The molecule has 1 N–H and O–H groups in total. The molecular formula is C25H26N4O. The summed E-state index contributed by atoms with van der Waals surface area (Å²) in [5.41, 5.74) is 5.20. The number of aromatic nitrogens is 2. The van der Waals surface area contributed by atoms with Crippen molar-refractivity contribution in [1.82, 2.24) is 20.2 Å². The van der Waals surface area contributed by atoms with E-state index >= 15 is 0 Å². The van der Waals surface area contributed by atoms with E-state index in [9.17, 15) is 4.79 Å². The van der Waals surface area contributed by atoms with Crippen LogP contribution in [0.3, 0.4) is 0 Å². The number of amides is 1. The van der Waals surface area contributed by atoms with E-state index < -0.39 is 0 Å². The summed E-state index contributed by atoms with van der Waals surface area (Å²) in [5, 5.41) is 3.35. The van der Waals surface area contributed by atoms with Crippen LogP contribution < -0.4 is 5.32 Å². The van der Waals surface area contributed by atoms with Crippen molar-refractivity contribution in [3.8, 4) is 11.4 Å². The quantitative estimate of drug-likeness (QED) is 0.730. The second-order valence-corrected chi connectivity index (χ2v) is 8.58. The van der Waals surface area contributed by atoms with Crippen molar-refractivity contribution >= 4 is 5.91 Å². The Morgan fingerprint density at radius 1 is 1.00 bits per heavy atom. The monoisotopic (exact) mass is 398 g/mol. The van der Waals surface area contributed by atoms with Crippen LogP contribution >= 0.6 is 0 Å². The minimum atomic E-state index is -0.141. The lowest BCUT2D eigenvalue weighted by Crippen LogP contribution is -2.49. The normalized spacial score (nSPS) is 21.3. The zero-order valence-corrected chi connectivity index (χ0v) is 17.3. The Morgan fingerprint density at radius 2 is 1.73 bits per heavy atom. The summed E-state index contributed by atoms with van der Waals surface area (Å²) in [6.45, 7) is 4.72. The Labute approximate surface area is 177 Å². The van der Waals surface area contributed by atoms with Crippen molar-refractivity contribution in [2.75, 3.05) is 13.1 Å². The molecule has 0 unspecified atom stereocenters. The number of nitrogens with zero attached hydrogens (tertiary/aromatic N) is 3. The Bertz CT molecular complexity index is 1080. The number of nitrogens with one attached hydrogen (secondary N) is 1. The van der Waals surface area contributed by atoms with E-state index in [0.29, 0.717) is 0 Å². The molecule has 0 aliphatic carbocycles. The molecule has 1 amide bonds. The molecule has 2 aromatic carbocycles. The van der Waals surface area contributed by atoms with Gasteiger partial charge in [-0.05, 0) is 43.4 Å². The fraction of sp³-hybridized carbons (Fsp3) is 0.320. The van der Waals surface area contributed by atoms with Gasteiger partial charge in [0.15, 0.2) is 5.82 Å². The average molecular weight is 399 g/mol. The third-order valence-electron chi connectivity index (χ3n) is 6.44. The highest BCUT2D eigenvalue weighted by Gasteiger charge is 2.41. The summed E-state index contributed by atoms with van der Waals surface area (Å²) < 4.78 is 0. The van der Waals surface area contributed by atoms with Crippen LogP contribution in [0.15, 0.2) is 60.9 Å². The predicted octanol–water partition coefficient (Wildman–Crippen LogP) is 3.77. The first-order valence-electron chi connectivity index (χ1n) is 10.6. The molecule has 5 heteroatoms. The van der Waals surface area contributed by atoms with Gasteiger partial charge < -0.3 is 5.32 Å². The second-order valence-electron chi connectivity index (χ2n) is 8.58. The van der Waals surface area contributed by atoms with Crippen molar-refractivity contribution in [2.45, 2.75) is 38.3 Å². The molecule has 1 aromatic heterocycles. The number of benzene rings is 2. The van der Waals surface area contributed by atoms with Crippen LogP contribution in [-0.2, 0) is 13.0 Å². The molecule has 1 saturated heterocycles. The van der Waals surface area contributed by atoms with Crippen molar-refractivity contribution in [3.05, 3.63) is 83.2 Å². The lowest BCUT2D eigenvalue weighted by atomic mass is 9.91. The van der Waals surface area contributed by atoms with Gasteiger partial charge in [-0.3, -0.25) is 9.69 Å². The van der Waals surface area contributed by atoms with Gasteiger partial charge in [0.05, 0.1) is 5.54 Å². The van der Waals surface area contributed by atoms with E-state index in [1.165, 1.54) is 5.56 Å². The average Bonchev–Trinajstić information content (AvgIpc) is 3.09. The highest BCUT2D eigenvalue weighted by molar-refractivity contribution is 5.96. The lowest BCUT2D eigenvalue weighted by molar-refractivity contribution is 0.0902. The molecule has 2 aliphatic rings. The van der Waals surface area contributed by atoms with Gasteiger partial charge in [-0.25, -0.2) is 9.97 Å². The Kier molecular flexibility index (Phi) is 4.83. The SMILES string of the molecule is Cc1ccccc1-c1ncc(CN2CC[C@@]3(CCc4ccccc4C(=O)N3)C2)cn1. The molecule has 1 fully saturated rings. The number of carbonyl (C=O) groups excluding carboxylic acids is 1. The zero-order valence-electron chi connectivity index (χ0n) is 17.3. The van der Waals surface area contributed by atoms with Gasteiger partial charge in [0, 0.05) is 48.7 Å². The Morgan fingerprint density at radius 3 is 2.53 bits per heavy atom. The van der Waals surface area contributed by atoms with Gasteiger partial charge in [-0.2, -0.15) is 0 Å². The van der Waals surface area contributed by atoms with Crippen LogP contribution in [0.25, 0.3) is 11.4 Å². The molecule has 3 heterocycles. The van der Waals surface area contributed by atoms with E-state index in [-0.39, 0.29) is 11.4 Å². The fourth-order valence-corrected chi connectivity index (χ4v) is 4.76. The number of hydrogen-bond acceptors (Lipinski definition) is 4. The standard InChI is InChI=1S/C25H26N4O/c1-18-6-2-4-8-21(18)23-26-14-19(15-27-23)16-29-13-12-25(17-29)11-10-20-7-3-5-9-22(20)24(30)28-25/h2-9,14-15H,10-13,16-17H2,1H3,(H,28,30)/t25-/m0/s1. The van der Waals surface area contributed by atoms with E-state index in [0.717, 1.165) is 67.0 Å². The predicted molar refractivity (Wildman–Crippen MR) is 117 cm³/mol. The molecule has 5 nitrogen and oxygen atoms in total. The first kappa shape index (κ1) is 18.9. The number of fused-ring (bicyclic) bond motifs is 1. The van der Waals surface area contributed by atoms with E-state index in [1.54, 1.807) is 0 Å². The largest absolute Gasteiger partial charge is 0.345 e. The summed E-state index contributed by atoms with van der Waals surface area (Å²) in [4.78, 5) is 24.4. The first-order chi connectivity index (χ1) is 14.6. The number of carbonyl (C=O) groups is 1. The minimum absolute atomic E-state index is 0.0656. The number of hydrogen-bond donors (Lipinski definition) is 1. The maximum Gasteiger partial charge on any atom is 0.252 e. The maximum absolute atomic E-state index is 12.8. The molecule has 5 rings (SSSR count). The second kappa shape index (κ2) is 7.65. The van der Waals surface area contributed by atoms with Crippen LogP contribution in [0.4, 0.5) is 0 Å². The van der Waals surface area contributed by atoms with Crippen LogP contribution in [0.1, 0.15) is 39.9 Å². The smallest absolute Gasteiger partial charge is 0.252 e. The van der Waals surface area contributed by atoms with Crippen LogP contribution in [0, 0.1) is 6.92 Å². The molecule has 3 aromatic rings. The van der Waals surface area contributed by atoms with Gasteiger partial charge in [-0.15, -0.1) is 0 Å². The lowest BCUT2D eigenvalue weighted by Gasteiger charge is -2.29. The fourth-order valence-electron chi connectivity index (χ4n) is 4.76. The third kappa shape index (κ3) is 3.61. The maximum atomic E-state index is 12.8. The molecule has 0 saturated carbocycles. The van der Waals surface area contributed by atoms with Crippen molar-refractivity contribution in [2.24, 2.45) is 0 Å². The highest BCUT2D eigenvalue weighted by Crippen LogP contribution is 2.31.